The van der Waals surface area contributed by atoms with Crippen LogP contribution in [0.25, 0.3) is 0 Å². The number of hydrogen-bond donors (Lipinski definition) is 1. The molecule has 2 unspecified atom stereocenters. The van der Waals surface area contributed by atoms with Crippen molar-refractivity contribution in [2.45, 2.75) is 52.0 Å². The summed E-state index contributed by atoms with van der Waals surface area (Å²) in [4.78, 5) is 2.36. The molecule has 5 heteroatoms. The third-order valence-electron chi connectivity index (χ3n) is 3.68. The second-order valence-electron chi connectivity index (χ2n) is 5.19. The zero-order valence-electron chi connectivity index (χ0n) is 10.9. The molecule has 1 aliphatic rings. The van der Waals surface area contributed by atoms with Crippen LogP contribution in [-0.4, -0.2) is 42.8 Å². The molecule has 0 aromatic carbocycles. The van der Waals surface area contributed by atoms with Crippen LogP contribution in [-0.2, 0) is 10.1 Å². The summed E-state index contributed by atoms with van der Waals surface area (Å²) in [5.74, 6) is 0.663. The fraction of sp³-hybridized carbons (Fsp3) is 1.00. The molecule has 0 aromatic heterocycles. The molecule has 1 fully saturated rings. The van der Waals surface area contributed by atoms with Gasteiger partial charge in [0.1, 0.15) is 0 Å². The predicted molar refractivity (Wildman–Crippen MR) is 69.7 cm³/mol. The van der Waals surface area contributed by atoms with E-state index in [2.05, 4.69) is 18.7 Å². The second kappa shape index (κ2) is 6.71. The van der Waals surface area contributed by atoms with E-state index in [9.17, 15) is 8.42 Å². The van der Waals surface area contributed by atoms with Crippen molar-refractivity contribution >= 4 is 10.1 Å². The SMILES string of the molecule is CCN(CCCS(=O)(=O)O)C1CCCC(C)C1. The summed E-state index contributed by atoms with van der Waals surface area (Å²) in [5, 5.41) is 0. The van der Waals surface area contributed by atoms with E-state index in [1.807, 2.05) is 0 Å². The average Bonchev–Trinajstić information content (AvgIpc) is 2.23. The van der Waals surface area contributed by atoms with Crippen molar-refractivity contribution < 1.29 is 13.0 Å². The molecule has 0 saturated heterocycles. The van der Waals surface area contributed by atoms with Gasteiger partial charge in [-0.15, -0.1) is 0 Å². The van der Waals surface area contributed by atoms with E-state index in [-0.39, 0.29) is 5.75 Å². The molecule has 1 N–H and O–H groups in total. The van der Waals surface area contributed by atoms with Crippen LogP contribution >= 0.6 is 0 Å². The highest BCUT2D eigenvalue weighted by atomic mass is 32.2. The van der Waals surface area contributed by atoms with Gasteiger partial charge in [0.2, 0.25) is 0 Å². The van der Waals surface area contributed by atoms with E-state index in [0.29, 0.717) is 12.5 Å². The zero-order chi connectivity index (χ0) is 12.9. The summed E-state index contributed by atoms with van der Waals surface area (Å²) in [6, 6.07) is 0.602. The normalized spacial score (nSPS) is 26.4. The van der Waals surface area contributed by atoms with Gasteiger partial charge in [-0.25, -0.2) is 0 Å². The average molecular weight is 263 g/mol. The summed E-state index contributed by atoms with van der Waals surface area (Å²) in [6.07, 6.45) is 5.57. The van der Waals surface area contributed by atoms with Crippen molar-refractivity contribution in [2.24, 2.45) is 5.92 Å². The van der Waals surface area contributed by atoms with E-state index in [1.165, 1.54) is 25.7 Å². The van der Waals surface area contributed by atoms with Gasteiger partial charge in [-0.05, 0) is 38.3 Å². The third kappa shape index (κ3) is 5.84. The van der Waals surface area contributed by atoms with E-state index in [0.717, 1.165) is 19.0 Å². The molecule has 102 valence electrons. The largest absolute Gasteiger partial charge is 0.301 e. The quantitative estimate of drug-likeness (QED) is 0.746. The van der Waals surface area contributed by atoms with Gasteiger partial charge >= 0.3 is 0 Å². The molecular formula is C12H25NO3S. The first-order chi connectivity index (χ1) is 7.92. The van der Waals surface area contributed by atoms with Gasteiger partial charge in [0.15, 0.2) is 0 Å². The van der Waals surface area contributed by atoms with Crippen LogP contribution in [0.1, 0.15) is 46.0 Å². The van der Waals surface area contributed by atoms with E-state index >= 15 is 0 Å². The molecule has 0 amide bonds. The highest BCUT2D eigenvalue weighted by molar-refractivity contribution is 7.85. The minimum atomic E-state index is -3.80. The first kappa shape index (κ1) is 14.9. The van der Waals surface area contributed by atoms with E-state index < -0.39 is 10.1 Å². The minimum Gasteiger partial charge on any atom is -0.301 e. The molecule has 0 bridgehead atoms. The van der Waals surface area contributed by atoms with Crippen LogP contribution < -0.4 is 0 Å². The maximum atomic E-state index is 10.7. The molecule has 0 heterocycles. The predicted octanol–water partition coefficient (Wildman–Crippen LogP) is 2.16. The Labute approximate surface area is 105 Å². The van der Waals surface area contributed by atoms with E-state index in [4.69, 9.17) is 4.55 Å². The monoisotopic (exact) mass is 263 g/mol. The minimum absolute atomic E-state index is 0.119. The lowest BCUT2D eigenvalue weighted by Gasteiger charge is -2.36. The second-order valence-corrected chi connectivity index (χ2v) is 6.77. The van der Waals surface area contributed by atoms with Crippen molar-refractivity contribution in [1.82, 2.24) is 4.90 Å². The highest BCUT2D eigenvalue weighted by Crippen LogP contribution is 2.27. The Hall–Kier alpha value is -0.130. The van der Waals surface area contributed by atoms with Gasteiger partial charge in [0, 0.05) is 6.04 Å². The van der Waals surface area contributed by atoms with Gasteiger partial charge in [0.25, 0.3) is 10.1 Å². The first-order valence-corrected chi connectivity index (χ1v) is 8.22. The van der Waals surface area contributed by atoms with Crippen molar-refractivity contribution in [3.05, 3.63) is 0 Å². The maximum Gasteiger partial charge on any atom is 0.264 e. The first-order valence-electron chi connectivity index (χ1n) is 6.61. The number of hydrogen-bond acceptors (Lipinski definition) is 3. The molecule has 0 aromatic rings. The van der Waals surface area contributed by atoms with Crippen LogP contribution in [0.2, 0.25) is 0 Å². The van der Waals surface area contributed by atoms with Crippen molar-refractivity contribution in [1.29, 1.82) is 0 Å². The lowest BCUT2D eigenvalue weighted by Crippen LogP contribution is -2.39. The molecule has 1 saturated carbocycles. The zero-order valence-corrected chi connectivity index (χ0v) is 11.7. The summed E-state index contributed by atoms with van der Waals surface area (Å²) >= 11 is 0. The van der Waals surface area contributed by atoms with Crippen molar-refractivity contribution in [3.63, 3.8) is 0 Å². The molecular weight excluding hydrogens is 238 g/mol. The Kier molecular flexibility index (Phi) is 5.89. The van der Waals surface area contributed by atoms with Gasteiger partial charge in [-0.3, -0.25) is 4.55 Å². The Morgan fingerprint density at radius 3 is 2.59 bits per heavy atom. The Balaban J connectivity index is 2.37. The van der Waals surface area contributed by atoms with E-state index in [1.54, 1.807) is 0 Å². The van der Waals surface area contributed by atoms with Crippen LogP contribution in [0.4, 0.5) is 0 Å². The van der Waals surface area contributed by atoms with Crippen LogP contribution in [0.5, 0.6) is 0 Å². The van der Waals surface area contributed by atoms with Crippen molar-refractivity contribution in [2.75, 3.05) is 18.8 Å². The fourth-order valence-electron chi connectivity index (χ4n) is 2.78. The molecule has 2 atom stereocenters. The van der Waals surface area contributed by atoms with Crippen LogP contribution in [0.15, 0.2) is 0 Å². The highest BCUT2D eigenvalue weighted by Gasteiger charge is 2.23. The third-order valence-corrected chi connectivity index (χ3v) is 4.48. The molecule has 4 nitrogen and oxygen atoms in total. The molecule has 1 aliphatic carbocycles. The fourth-order valence-corrected chi connectivity index (χ4v) is 3.28. The topological polar surface area (TPSA) is 57.6 Å². The Morgan fingerprint density at radius 1 is 1.35 bits per heavy atom. The lowest BCUT2D eigenvalue weighted by atomic mass is 9.86. The summed E-state index contributed by atoms with van der Waals surface area (Å²) in [7, 11) is -3.80. The summed E-state index contributed by atoms with van der Waals surface area (Å²) < 4.78 is 30.0. The molecule has 0 aliphatic heterocycles. The smallest absolute Gasteiger partial charge is 0.264 e. The maximum absolute atomic E-state index is 10.7. The molecule has 0 radical (unpaired) electrons. The Morgan fingerprint density at radius 2 is 2.06 bits per heavy atom. The standard InChI is InChI=1S/C12H25NO3S/c1-3-13(8-5-9-17(14,15)16)12-7-4-6-11(2)10-12/h11-12H,3-10H2,1-2H3,(H,14,15,16). The molecule has 0 spiro atoms. The molecule has 17 heavy (non-hydrogen) atoms. The van der Waals surface area contributed by atoms with Gasteiger partial charge in [-0.2, -0.15) is 8.42 Å². The summed E-state index contributed by atoms with van der Waals surface area (Å²) in [5.41, 5.74) is 0. The van der Waals surface area contributed by atoms with Crippen LogP contribution in [0.3, 0.4) is 0 Å². The molecule has 1 rings (SSSR count). The van der Waals surface area contributed by atoms with Crippen molar-refractivity contribution in [3.8, 4) is 0 Å². The van der Waals surface area contributed by atoms with Gasteiger partial charge in [-0.1, -0.05) is 26.7 Å². The lowest BCUT2D eigenvalue weighted by molar-refractivity contribution is 0.141. The Bertz CT molecular complexity index is 316. The van der Waals surface area contributed by atoms with Gasteiger partial charge in [0.05, 0.1) is 5.75 Å². The van der Waals surface area contributed by atoms with Crippen LogP contribution in [0, 0.1) is 5.92 Å². The van der Waals surface area contributed by atoms with Gasteiger partial charge < -0.3 is 4.90 Å². The number of nitrogens with zero attached hydrogens (tertiary/aromatic N) is 1. The number of rotatable bonds is 6. The summed E-state index contributed by atoms with van der Waals surface area (Å²) in [6.45, 7) is 6.14.